The number of dihydropyridines is 1. The van der Waals surface area contributed by atoms with Crippen LogP contribution in [-0.4, -0.2) is 25.3 Å². The van der Waals surface area contributed by atoms with Gasteiger partial charge in [0.1, 0.15) is 0 Å². The van der Waals surface area contributed by atoms with Crippen molar-refractivity contribution in [2.24, 2.45) is 0 Å². The number of carbonyl (C=O) groups is 2. The van der Waals surface area contributed by atoms with E-state index in [0.29, 0.717) is 30.9 Å². The Balaban J connectivity index is 1.87. The molecule has 0 aromatic heterocycles. The predicted molar refractivity (Wildman–Crippen MR) is 114 cm³/mol. The zero-order valence-electron chi connectivity index (χ0n) is 16.9. The summed E-state index contributed by atoms with van der Waals surface area (Å²) in [7, 11) is 1.61. The number of nitrogens with one attached hydrogen (secondary N) is 1. The summed E-state index contributed by atoms with van der Waals surface area (Å²) in [6.45, 7) is 2.64. The molecule has 2 aliphatic carbocycles. The molecule has 1 aromatic carbocycles. The summed E-state index contributed by atoms with van der Waals surface area (Å²) in [5, 5.41) is 3.45. The number of benzene rings is 1. The van der Waals surface area contributed by atoms with E-state index in [1.165, 1.54) is 0 Å². The molecule has 29 heavy (non-hydrogen) atoms. The van der Waals surface area contributed by atoms with Gasteiger partial charge in [0.2, 0.25) is 0 Å². The molecule has 0 spiro atoms. The third-order valence-electron chi connectivity index (χ3n) is 5.83. The van der Waals surface area contributed by atoms with Crippen molar-refractivity contribution in [1.82, 2.24) is 5.32 Å². The SMILES string of the molecule is CCCOc1c(Br)cc(C2C3=C(CCCC3=O)NC3=C2C(=O)CCC3)cc1OC. The summed E-state index contributed by atoms with van der Waals surface area (Å²) < 4.78 is 12.2. The van der Waals surface area contributed by atoms with Gasteiger partial charge in [-0.15, -0.1) is 0 Å². The standard InChI is InChI=1S/C23H26BrNO4/c1-3-10-29-23-14(24)11-13(12-19(23)28-2)20-21-15(6-4-8-17(21)26)25-16-7-5-9-18(27)22(16)20/h11-12,20,25H,3-10H2,1-2H3. The third-order valence-corrected chi connectivity index (χ3v) is 6.42. The lowest BCUT2D eigenvalue weighted by atomic mass is 9.71. The molecule has 0 fully saturated rings. The van der Waals surface area contributed by atoms with Crippen molar-refractivity contribution in [3.05, 3.63) is 44.7 Å². The van der Waals surface area contributed by atoms with Gasteiger partial charge in [0.15, 0.2) is 23.1 Å². The maximum atomic E-state index is 12.9. The first kappa shape index (κ1) is 20.2. The van der Waals surface area contributed by atoms with Crippen LogP contribution in [0.1, 0.15) is 63.4 Å². The van der Waals surface area contributed by atoms with Crippen LogP contribution in [0.15, 0.2) is 39.1 Å². The Morgan fingerprint density at radius 1 is 1.03 bits per heavy atom. The molecule has 0 saturated heterocycles. The molecule has 1 N–H and O–H groups in total. The Morgan fingerprint density at radius 2 is 1.66 bits per heavy atom. The Bertz CT molecular complexity index is 889. The van der Waals surface area contributed by atoms with E-state index in [2.05, 4.69) is 28.2 Å². The van der Waals surface area contributed by atoms with Crippen LogP contribution in [0.3, 0.4) is 0 Å². The Hall–Kier alpha value is -2.08. The highest BCUT2D eigenvalue weighted by molar-refractivity contribution is 9.10. The van der Waals surface area contributed by atoms with Crippen LogP contribution in [0.4, 0.5) is 0 Å². The second-order valence-electron chi connectivity index (χ2n) is 7.78. The van der Waals surface area contributed by atoms with Crippen molar-refractivity contribution in [1.29, 1.82) is 0 Å². The average molecular weight is 460 g/mol. The lowest BCUT2D eigenvalue weighted by Gasteiger charge is -2.37. The van der Waals surface area contributed by atoms with Crippen molar-refractivity contribution in [2.75, 3.05) is 13.7 Å². The van der Waals surface area contributed by atoms with E-state index in [9.17, 15) is 9.59 Å². The summed E-state index contributed by atoms with van der Waals surface area (Å²) >= 11 is 3.62. The Labute approximate surface area is 179 Å². The molecule has 0 bridgehead atoms. The maximum Gasteiger partial charge on any atom is 0.175 e. The summed E-state index contributed by atoms with van der Waals surface area (Å²) in [4.78, 5) is 25.9. The molecule has 3 aliphatic rings. The molecular weight excluding hydrogens is 434 g/mol. The van der Waals surface area contributed by atoms with E-state index in [4.69, 9.17) is 9.47 Å². The maximum absolute atomic E-state index is 12.9. The Morgan fingerprint density at radius 3 is 2.21 bits per heavy atom. The number of halogens is 1. The number of carbonyl (C=O) groups excluding carboxylic acids is 2. The quantitative estimate of drug-likeness (QED) is 0.674. The highest BCUT2D eigenvalue weighted by Crippen LogP contribution is 2.48. The molecule has 0 saturated carbocycles. The largest absolute Gasteiger partial charge is 0.493 e. The summed E-state index contributed by atoms with van der Waals surface area (Å²) in [6.07, 6.45) is 5.35. The van der Waals surface area contributed by atoms with Crippen LogP contribution in [0.25, 0.3) is 0 Å². The van der Waals surface area contributed by atoms with Crippen LogP contribution in [0.2, 0.25) is 0 Å². The predicted octanol–water partition coefficient (Wildman–Crippen LogP) is 4.95. The smallest absolute Gasteiger partial charge is 0.175 e. The lowest BCUT2D eigenvalue weighted by molar-refractivity contribution is -0.116. The van der Waals surface area contributed by atoms with Gasteiger partial charge in [0.05, 0.1) is 18.2 Å². The third kappa shape index (κ3) is 3.63. The van der Waals surface area contributed by atoms with Crippen molar-refractivity contribution < 1.29 is 19.1 Å². The van der Waals surface area contributed by atoms with Gasteiger partial charge in [0, 0.05) is 41.3 Å². The summed E-state index contributed by atoms with van der Waals surface area (Å²) in [5.74, 6) is 1.19. The molecule has 6 heteroatoms. The first-order valence-electron chi connectivity index (χ1n) is 10.3. The lowest BCUT2D eigenvalue weighted by Crippen LogP contribution is -2.36. The number of Topliss-reactive ketones (excluding diaryl/α,β-unsaturated/α-hetero) is 2. The van der Waals surface area contributed by atoms with E-state index in [-0.39, 0.29) is 17.5 Å². The van der Waals surface area contributed by atoms with E-state index in [0.717, 1.165) is 64.7 Å². The highest BCUT2D eigenvalue weighted by Gasteiger charge is 2.40. The van der Waals surface area contributed by atoms with E-state index < -0.39 is 0 Å². The van der Waals surface area contributed by atoms with E-state index in [1.54, 1.807) is 7.11 Å². The van der Waals surface area contributed by atoms with Crippen LogP contribution < -0.4 is 14.8 Å². The van der Waals surface area contributed by atoms with Crippen LogP contribution in [0, 0.1) is 0 Å². The molecule has 1 heterocycles. The minimum absolute atomic E-state index is 0.134. The van der Waals surface area contributed by atoms with Crippen LogP contribution in [-0.2, 0) is 9.59 Å². The van der Waals surface area contributed by atoms with Gasteiger partial charge >= 0.3 is 0 Å². The Kier molecular flexibility index (Phi) is 5.81. The van der Waals surface area contributed by atoms with Gasteiger partial charge in [-0.25, -0.2) is 0 Å². The van der Waals surface area contributed by atoms with Crippen molar-refractivity contribution in [2.45, 2.75) is 57.8 Å². The van der Waals surface area contributed by atoms with Gasteiger partial charge in [-0.2, -0.15) is 0 Å². The zero-order valence-corrected chi connectivity index (χ0v) is 18.5. The number of allylic oxidation sites excluding steroid dienone is 4. The van der Waals surface area contributed by atoms with E-state index in [1.807, 2.05) is 12.1 Å². The fourth-order valence-corrected chi connectivity index (χ4v) is 5.14. The fourth-order valence-electron chi connectivity index (χ4n) is 4.57. The first-order chi connectivity index (χ1) is 14.0. The second-order valence-corrected chi connectivity index (χ2v) is 8.63. The molecule has 5 nitrogen and oxygen atoms in total. The highest BCUT2D eigenvalue weighted by atomic mass is 79.9. The molecule has 0 amide bonds. The second kappa shape index (κ2) is 8.34. The molecule has 0 unspecified atom stereocenters. The van der Waals surface area contributed by atoms with Gasteiger partial charge in [-0.3, -0.25) is 9.59 Å². The summed E-state index contributed by atoms with van der Waals surface area (Å²) in [5.41, 5.74) is 4.37. The van der Waals surface area contributed by atoms with Crippen molar-refractivity contribution in [3.63, 3.8) is 0 Å². The minimum atomic E-state index is -0.340. The fraction of sp³-hybridized carbons (Fsp3) is 0.478. The number of hydrogen-bond acceptors (Lipinski definition) is 5. The first-order valence-corrected chi connectivity index (χ1v) is 11.1. The van der Waals surface area contributed by atoms with Gasteiger partial charge in [0.25, 0.3) is 0 Å². The van der Waals surface area contributed by atoms with Crippen molar-refractivity contribution in [3.8, 4) is 11.5 Å². The zero-order chi connectivity index (χ0) is 20.5. The number of ether oxygens (including phenoxy) is 2. The number of methoxy groups -OCH3 is 1. The molecule has 1 aromatic rings. The van der Waals surface area contributed by atoms with Gasteiger partial charge in [-0.1, -0.05) is 6.92 Å². The number of hydrogen-bond donors (Lipinski definition) is 1. The monoisotopic (exact) mass is 459 g/mol. The average Bonchev–Trinajstić information content (AvgIpc) is 2.71. The van der Waals surface area contributed by atoms with Crippen LogP contribution in [0.5, 0.6) is 11.5 Å². The molecular formula is C23H26BrNO4. The summed E-state index contributed by atoms with van der Waals surface area (Å²) in [6, 6.07) is 3.90. The molecule has 4 rings (SSSR count). The minimum Gasteiger partial charge on any atom is -0.493 e. The molecule has 154 valence electrons. The van der Waals surface area contributed by atoms with Crippen LogP contribution >= 0.6 is 15.9 Å². The van der Waals surface area contributed by atoms with E-state index >= 15 is 0 Å². The number of ketones is 2. The topological polar surface area (TPSA) is 64.6 Å². The molecule has 0 radical (unpaired) electrons. The van der Waals surface area contributed by atoms with Gasteiger partial charge in [-0.05, 0) is 65.7 Å². The van der Waals surface area contributed by atoms with Gasteiger partial charge < -0.3 is 14.8 Å². The van der Waals surface area contributed by atoms with Crippen molar-refractivity contribution >= 4 is 27.5 Å². The number of rotatable bonds is 5. The normalized spacial score (nSPS) is 19.7. The molecule has 0 atom stereocenters. The molecule has 1 aliphatic heterocycles.